The highest BCUT2D eigenvalue weighted by Gasteiger charge is 2.31. The summed E-state index contributed by atoms with van der Waals surface area (Å²) >= 11 is 0. The van der Waals surface area contributed by atoms with Crippen molar-refractivity contribution in [1.29, 1.82) is 0 Å². The van der Waals surface area contributed by atoms with Crippen LogP contribution in [0.15, 0.2) is 42.6 Å². The molecule has 3 unspecified atom stereocenters. The number of halogens is 4. The third-order valence-electron chi connectivity index (χ3n) is 6.98. The maximum Gasteiger partial charge on any atom is 0.303 e. The summed E-state index contributed by atoms with van der Waals surface area (Å²) in [4.78, 5) is 17.6. The molecule has 9 heteroatoms. The number of piperidine rings is 1. The van der Waals surface area contributed by atoms with Crippen LogP contribution in [0.3, 0.4) is 0 Å². The zero-order chi connectivity index (χ0) is 27.2. The number of alkyl halides is 1. The van der Waals surface area contributed by atoms with E-state index in [1.165, 1.54) is 7.11 Å². The minimum atomic E-state index is -1.59. The van der Waals surface area contributed by atoms with Gasteiger partial charge in [-0.1, -0.05) is 11.8 Å². The molecule has 1 aliphatic heterocycles. The Balaban J connectivity index is 1.42. The molecule has 0 saturated carbocycles. The number of aromatic nitrogens is 1. The normalized spacial score (nSPS) is 18.6. The second-order valence-electron chi connectivity index (χ2n) is 9.55. The summed E-state index contributed by atoms with van der Waals surface area (Å²) < 4.78 is 62.1. The summed E-state index contributed by atoms with van der Waals surface area (Å²) in [6, 6.07) is 7.96. The Hall–Kier alpha value is -3.64. The van der Waals surface area contributed by atoms with E-state index in [-0.39, 0.29) is 35.8 Å². The Morgan fingerprint density at radius 2 is 1.95 bits per heavy atom. The van der Waals surface area contributed by atoms with E-state index < -0.39 is 29.6 Å². The molecule has 1 fully saturated rings. The maximum atomic E-state index is 15.5. The van der Waals surface area contributed by atoms with E-state index in [9.17, 15) is 23.1 Å². The second kappa shape index (κ2) is 12.3. The summed E-state index contributed by atoms with van der Waals surface area (Å²) in [6.07, 6.45) is 0.419. The van der Waals surface area contributed by atoms with Gasteiger partial charge in [0.1, 0.15) is 29.4 Å². The van der Waals surface area contributed by atoms with Crippen LogP contribution in [0.25, 0.3) is 10.9 Å². The van der Waals surface area contributed by atoms with Gasteiger partial charge in [0.25, 0.3) is 0 Å². The van der Waals surface area contributed by atoms with Crippen LogP contribution in [-0.4, -0.2) is 47.7 Å². The van der Waals surface area contributed by atoms with E-state index in [2.05, 4.69) is 16.8 Å². The predicted molar refractivity (Wildman–Crippen MR) is 135 cm³/mol. The number of benzene rings is 2. The molecule has 38 heavy (non-hydrogen) atoms. The molecular formula is C29H28F4N2O3. The Kier molecular flexibility index (Phi) is 8.85. The van der Waals surface area contributed by atoms with Crippen LogP contribution >= 0.6 is 0 Å². The lowest BCUT2D eigenvalue weighted by atomic mass is 9.79. The van der Waals surface area contributed by atoms with Gasteiger partial charge in [-0.3, -0.25) is 14.7 Å². The Labute approximate surface area is 218 Å². The number of hydrogen-bond acceptors (Lipinski definition) is 4. The molecule has 0 spiro atoms. The van der Waals surface area contributed by atoms with E-state index in [1.54, 1.807) is 18.2 Å². The first-order valence-electron chi connectivity index (χ1n) is 12.4. The molecule has 2 aromatic carbocycles. The molecule has 2 heterocycles. The van der Waals surface area contributed by atoms with Gasteiger partial charge in [0.15, 0.2) is 0 Å². The molecule has 0 radical (unpaired) electrons. The third-order valence-corrected chi connectivity index (χ3v) is 6.98. The average molecular weight is 529 g/mol. The van der Waals surface area contributed by atoms with Crippen molar-refractivity contribution in [2.75, 3.05) is 26.7 Å². The number of carboxylic acid groups (broad SMARTS) is 1. The number of carbonyl (C=O) groups is 1. The minimum Gasteiger partial charge on any atom is -0.497 e. The predicted octanol–water partition coefficient (Wildman–Crippen LogP) is 5.92. The Morgan fingerprint density at radius 1 is 1.18 bits per heavy atom. The van der Waals surface area contributed by atoms with Crippen molar-refractivity contribution in [3.63, 3.8) is 0 Å². The Morgan fingerprint density at radius 3 is 2.66 bits per heavy atom. The van der Waals surface area contributed by atoms with Crippen molar-refractivity contribution in [3.05, 3.63) is 71.2 Å². The molecule has 1 aromatic heterocycles. The number of fused-ring (bicyclic) bond motifs is 1. The number of ether oxygens (including phenoxy) is 1. The molecule has 0 aliphatic carbocycles. The first-order valence-corrected chi connectivity index (χ1v) is 12.4. The quantitative estimate of drug-likeness (QED) is 0.291. The SMILES string of the molecule is COc1ccc2ncc(F)c(C(F)CCC3CCN(CC#Cc4cc(F)cc(F)c4)CC3CC(=O)O)c2c1. The average Bonchev–Trinajstić information content (AvgIpc) is 2.86. The van der Waals surface area contributed by atoms with Gasteiger partial charge < -0.3 is 9.84 Å². The van der Waals surface area contributed by atoms with E-state index in [1.807, 2.05) is 4.90 Å². The number of nitrogens with zero attached hydrogens (tertiary/aromatic N) is 2. The van der Waals surface area contributed by atoms with Crippen LogP contribution in [-0.2, 0) is 4.79 Å². The number of pyridine rings is 1. The molecule has 3 aromatic rings. The highest BCUT2D eigenvalue weighted by atomic mass is 19.1. The van der Waals surface area contributed by atoms with E-state index in [4.69, 9.17) is 4.74 Å². The minimum absolute atomic E-state index is 0.0406. The number of rotatable bonds is 8. The molecule has 4 rings (SSSR count). The van der Waals surface area contributed by atoms with Crippen LogP contribution in [0, 0.1) is 41.1 Å². The number of likely N-dealkylation sites (tertiary alicyclic amines) is 1. The largest absolute Gasteiger partial charge is 0.497 e. The monoisotopic (exact) mass is 528 g/mol. The fourth-order valence-corrected chi connectivity index (χ4v) is 5.13. The van der Waals surface area contributed by atoms with E-state index >= 15 is 4.39 Å². The summed E-state index contributed by atoms with van der Waals surface area (Å²) in [5.74, 6) is 2.72. The molecule has 200 valence electrons. The fourth-order valence-electron chi connectivity index (χ4n) is 5.13. The molecule has 5 nitrogen and oxygen atoms in total. The van der Waals surface area contributed by atoms with Gasteiger partial charge in [-0.15, -0.1) is 0 Å². The second-order valence-corrected chi connectivity index (χ2v) is 9.55. The van der Waals surface area contributed by atoms with Crippen molar-refractivity contribution in [1.82, 2.24) is 9.88 Å². The Bertz CT molecular complexity index is 1350. The van der Waals surface area contributed by atoms with Gasteiger partial charge in [-0.2, -0.15) is 0 Å². The summed E-state index contributed by atoms with van der Waals surface area (Å²) in [6.45, 7) is 1.38. The first-order chi connectivity index (χ1) is 18.2. The highest BCUT2D eigenvalue weighted by molar-refractivity contribution is 5.84. The van der Waals surface area contributed by atoms with Gasteiger partial charge in [-0.25, -0.2) is 17.6 Å². The first kappa shape index (κ1) is 27.4. The lowest BCUT2D eigenvalue weighted by molar-refractivity contribution is -0.139. The summed E-state index contributed by atoms with van der Waals surface area (Å²) in [7, 11) is 1.47. The van der Waals surface area contributed by atoms with E-state index in [0.717, 1.165) is 24.4 Å². The zero-order valence-corrected chi connectivity index (χ0v) is 20.9. The summed E-state index contributed by atoms with van der Waals surface area (Å²) in [5.41, 5.74) is 0.621. The van der Waals surface area contributed by atoms with Gasteiger partial charge >= 0.3 is 5.97 Å². The number of carboxylic acids is 1. The molecule has 0 bridgehead atoms. The van der Waals surface area contributed by atoms with Crippen LogP contribution in [0.5, 0.6) is 5.75 Å². The fraction of sp³-hybridized carbons (Fsp3) is 0.379. The third kappa shape index (κ3) is 6.81. The van der Waals surface area contributed by atoms with Crippen LogP contribution in [0.2, 0.25) is 0 Å². The van der Waals surface area contributed by atoms with Gasteiger partial charge in [0.2, 0.25) is 0 Å². The van der Waals surface area contributed by atoms with Crippen LogP contribution < -0.4 is 4.74 Å². The van der Waals surface area contributed by atoms with Crippen molar-refractivity contribution < 1.29 is 32.2 Å². The van der Waals surface area contributed by atoms with Gasteiger partial charge in [0.05, 0.1) is 25.4 Å². The molecule has 1 saturated heterocycles. The van der Waals surface area contributed by atoms with Gasteiger partial charge in [0, 0.05) is 35.5 Å². The van der Waals surface area contributed by atoms with Crippen molar-refractivity contribution in [3.8, 4) is 17.6 Å². The lowest BCUT2D eigenvalue weighted by Crippen LogP contribution is -2.41. The number of hydrogen-bond donors (Lipinski definition) is 1. The molecule has 0 amide bonds. The van der Waals surface area contributed by atoms with Crippen LogP contribution in [0.4, 0.5) is 17.6 Å². The standard InChI is InChI=1S/C29H28F4N2O3/c1-38-23-5-7-27-24(15-23)29(26(33)16-34-27)25(32)6-4-19-8-10-35(17-20(19)13-28(36)37)9-2-3-18-11-21(30)14-22(31)12-18/h5,7,11-12,14-16,19-20,25H,4,6,8-10,13,17H2,1H3,(H,36,37). The molecular weight excluding hydrogens is 500 g/mol. The van der Waals surface area contributed by atoms with E-state index in [0.29, 0.717) is 49.1 Å². The van der Waals surface area contributed by atoms with Crippen molar-refractivity contribution in [2.24, 2.45) is 11.8 Å². The van der Waals surface area contributed by atoms with Crippen molar-refractivity contribution in [2.45, 2.75) is 31.9 Å². The van der Waals surface area contributed by atoms with Crippen LogP contribution in [0.1, 0.15) is 43.0 Å². The number of aliphatic carboxylic acids is 1. The molecule has 3 atom stereocenters. The topological polar surface area (TPSA) is 62.7 Å². The summed E-state index contributed by atoms with van der Waals surface area (Å²) in [5, 5.41) is 9.80. The smallest absolute Gasteiger partial charge is 0.303 e. The number of methoxy groups -OCH3 is 1. The highest BCUT2D eigenvalue weighted by Crippen LogP contribution is 2.37. The molecule has 1 aliphatic rings. The maximum absolute atomic E-state index is 15.5. The molecule has 1 N–H and O–H groups in total. The lowest BCUT2D eigenvalue weighted by Gasteiger charge is -2.37. The van der Waals surface area contributed by atoms with Gasteiger partial charge in [-0.05, 0) is 68.0 Å². The zero-order valence-electron chi connectivity index (χ0n) is 20.9. The van der Waals surface area contributed by atoms with Crippen molar-refractivity contribution >= 4 is 16.9 Å².